The maximum absolute atomic E-state index is 12.5. The first kappa shape index (κ1) is 15.9. The number of halogens is 3. The summed E-state index contributed by atoms with van der Waals surface area (Å²) in [6.07, 6.45) is 5.21. The molecule has 0 fully saturated rings. The highest BCUT2D eigenvalue weighted by Gasteiger charge is 2.31. The Labute approximate surface area is 136 Å². The van der Waals surface area contributed by atoms with Gasteiger partial charge in [-0.15, -0.1) is 0 Å². The Bertz CT molecular complexity index is 841. The molecule has 120 valence electrons. The second-order valence-electron chi connectivity index (χ2n) is 5.06. The van der Waals surface area contributed by atoms with E-state index in [1.807, 2.05) is 30.3 Å². The fraction of sp³-hybridized carbons (Fsp3) is 0.0556. The summed E-state index contributed by atoms with van der Waals surface area (Å²) in [6, 6.07) is 10.1. The molecule has 3 aromatic rings. The molecule has 0 unspecified atom stereocenters. The monoisotopic (exact) mass is 327 g/mol. The lowest BCUT2D eigenvalue weighted by Gasteiger charge is -2.05. The number of rotatable bonds is 3. The number of nitrogens with zero attached hydrogens (tertiary/aromatic N) is 3. The van der Waals surface area contributed by atoms with Crippen LogP contribution in [0.1, 0.15) is 16.8 Å². The van der Waals surface area contributed by atoms with Crippen LogP contribution in [0.25, 0.3) is 23.3 Å². The number of pyridine rings is 1. The third-order valence-corrected chi connectivity index (χ3v) is 3.33. The van der Waals surface area contributed by atoms with Crippen LogP contribution < -0.4 is 0 Å². The van der Waals surface area contributed by atoms with E-state index in [0.29, 0.717) is 5.56 Å². The van der Waals surface area contributed by atoms with E-state index in [0.717, 1.165) is 22.8 Å². The third kappa shape index (κ3) is 3.84. The molecule has 2 heterocycles. The summed E-state index contributed by atoms with van der Waals surface area (Å²) in [7, 11) is 0. The van der Waals surface area contributed by atoms with E-state index in [-0.39, 0.29) is 0 Å². The largest absolute Gasteiger partial charge is 0.433 e. The fourth-order valence-corrected chi connectivity index (χ4v) is 2.13. The molecule has 0 atom stereocenters. The fourth-order valence-electron chi connectivity index (χ4n) is 2.13. The van der Waals surface area contributed by atoms with Crippen LogP contribution in [0.15, 0.2) is 61.3 Å². The molecule has 2 aromatic heterocycles. The zero-order valence-electron chi connectivity index (χ0n) is 12.4. The summed E-state index contributed by atoms with van der Waals surface area (Å²) in [5.41, 5.74) is 2.46. The van der Waals surface area contributed by atoms with Gasteiger partial charge in [-0.25, -0.2) is 9.97 Å². The molecular weight excluding hydrogens is 315 g/mol. The highest BCUT2D eigenvalue weighted by molar-refractivity contribution is 5.73. The molecule has 24 heavy (non-hydrogen) atoms. The molecular formula is C18H12F3N3. The van der Waals surface area contributed by atoms with Crippen LogP contribution >= 0.6 is 0 Å². The number of aromatic nitrogens is 3. The summed E-state index contributed by atoms with van der Waals surface area (Å²) < 4.78 is 37.5. The van der Waals surface area contributed by atoms with Crippen LogP contribution in [0.5, 0.6) is 0 Å². The average molecular weight is 327 g/mol. The van der Waals surface area contributed by atoms with Gasteiger partial charge in [0, 0.05) is 24.2 Å². The van der Waals surface area contributed by atoms with Gasteiger partial charge in [0.25, 0.3) is 0 Å². The lowest BCUT2D eigenvalue weighted by molar-refractivity contribution is -0.141. The van der Waals surface area contributed by atoms with Crippen LogP contribution in [0.3, 0.4) is 0 Å². The third-order valence-electron chi connectivity index (χ3n) is 3.33. The van der Waals surface area contributed by atoms with E-state index in [2.05, 4.69) is 15.0 Å². The minimum Gasteiger partial charge on any atom is -0.251 e. The molecule has 0 radical (unpaired) electrons. The van der Waals surface area contributed by atoms with E-state index in [1.54, 1.807) is 18.5 Å². The van der Waals surface area contributed by atoms with Gasteiger partial charge >= 0.3 is 6.18 Å². The molecule has 0 aliphatic heterocycles. The van der Waals surface area contributed by atoms with Crippen molar-refractivity contribution < 1.29 is 13.2 Å². The van der Waals surface area contributed by atoms with Crippen LogP contribution in [-0.2, 0) is 6.18 Å². The van der Waals surface area contributed by atoms with Crippen molar-refractivity contribution >= 4 is 12.2 Å². The second kappa shape index (κ2) is 6.62. The van der Waals surface area contributed by atoms with Crippen molar-refractivity contribution in [2.75, 3.05) is 0 Å². The first-order valence-corrected chi connectivity index (χ1v) is 7.09. The molecule has 3 rings (SSSR count). The van der Waals surface area contributed by atoms with Gasteiger partial charge in [-0.1, -0.05) is 36.4 Å². The number of hydrogen-bond donors (Lipinski definition) is 0. The number of hydrogen-bond acceptors (Lipinski definition) is 3. The minimum absolute atomic E-state index is 0.594. The zero-order chi connectivity index (χ0) is 17.0. The standard InChI is InChI=1S/C18H12F3N3/c19-18(20,21)17-7-6-14(9-24-17)5-4-13-2-1-3-15(8-13)16-10-22-12-23-11-16/h1-12H/b5-4+. The topological polar surface area (TPSA) is 38.7 Å². The van der Waals surface area contributed by atoms with Gasteiger partial charge in [0.1, 0.15) is 12.0 Å². The van der Waals surface area contributed by atoms with Gasteiger partial charge in [0.05, 0.1) is 0 Å². The Morgan fingerprint density at radius 3 is 2.21 bits per heavy atom. The van der Waals surface area contributed by atoms with Crippen molar-refractivity contribution in [3.8, 4) is 11.1 Å². The van der Waals surface area contributed by atoms with E-state index in [4.69, 9.17) is 0 Å². The Morgan fingerprint density at radius 1 is 0.792 bits per heavy atom. The molecule has 0 amide bonds. The van der Waals surface area contributed by atoms with E-state index in [9.17, 15) is 13.2 Å². The first-order chi connectivity index (χ1) is 11.5. The summed E-state index contributed by atoms with van der Waals surface area (Å²) in [5, 5.41) is 0. The summed E-state index contributed by atoms with van der Waals surface area (Å²) in [4.78, 5) is 11.4. The minimum atomic E-state index is -4.42. The SMILES string of the molecule is FC(F)(F)c1ccc(/C=C/c2cccc(-c3cncnc3)c2)cn1. The van der Waals surface area contributed by atoms with Crippen molar-refractivity contribution in [1.82, 2.24) is 15.0 Å². The summed E-state index contributed by atoms with van der Waals surface area (Å²) >= 11 is 0. The Balaban J connectivity index is 1.80. The van der Waals surface area contributed by atoms with Gasteiger partial charge in [-0.05, 0) is 28.8 Å². The highest BCUT2D eigenvalue weighted by Crippen LogP contribution is 2.27. The molecule has 1 aromatic carbocycles. The Morgan fingerprint density at radius 2 is 1.54 bits per heavy atom. The van der Waals surface area contributed by atoms with Gasteiger partial charge in [0.2, 0.25) is 0 Å². The molecule has 0 aliphatic carbocycles. The summed E-state index contributed by atoms with van der Waals surface area (Å²) in [6.45, 7) is 0. The molecule has 6 heteroatoms. The highest BCUT2D eigenvalue weighted by atomic mass is 19.4. The number of alkyl halides is 3. The zero-order valence-corrected chi connectivity index (χ0v) is 12.4. The smallest absolute Gasteiger partial charge is 0.251 e. The maximum Gasteiger partial charge on any atom is 0.433 e. The second-order valence-corrected chi connectivity index (χ2v) is 5.06. The predicted molar refractivity (Wildman–Crippen MR) is 85.6 cm³/mol. The van der Waals surface area contributed by atoms with Crippen molar-refractivity contribution in [1.29, 1.82) is 0 Å². The quantitative estimate of drug-likeness (QED) is 0.698. The Kier molecular flexibility index (Phi) is 4.37. The first-order valence-electron chi connectivity index (χ1n) is 7.09. The molecule has 0 aliphatic rings. The van der Waals surface area contributed by atoms with Crippen molar-refractivity contribution in [3.05, 3.63) is 78.1 Å². The van der Waals surface area contributed by atoms with Crippen LogP contribution in [-0.4, -0.2) is 15.0 Å². The van der Waals surface area contributed by atoms with Gasteiger partial charge in [-0.3, -0.25) is 4.98 Å². The lowest BCUT2D eigenvalue weighted by Crippen LogP contribution is -2.07. The van der Waals surface area contributed by atoms with Crippen LogP contribution in [0.2, 0.25) is 0 Å². The molecule has 0 spiro atoms. The van der Waals surface area contributed by atoms with Crippen LogP contribution in [0, 0.1) is 0 Å². The van der Waals surface area contributed by atoms with Crippen molar-refractivity contribution in [3.63, 3.8) is 0 Å². The lowest BCUT2D eigenvalue weighted by atomic mass is 10.1. The van der Waals surface area contributed by atoms with Crippen molar-refractivity contribution in [2.24, 2.45) is 0 Å². The maximum atomic E-state index is 12.5. The van der Waals surface area contributed by atoms with Gasteiger partial charge in [-0.2, -0.15) is 13.2 Å². The molecule has 0 saturated heterocycles. The van der Waals surface area contributed by atoms with Crippen LogP contribution in [0.4, 0.5) is 13.2 Å². The normalized spacial score (nSPS) is 11.8. The van der Waals surface area contributed by atoms with E-state index < -0.39 is 11.9 Å². The average Bonchev–Trinajstić information content (AvgIpc) is 2.61. The molecule has 0 saturated carbocycles. The van der Waals surface area contributed by atoms with Gasteiger partial charge < -0.3 is 0 Å². The van der Waals surface area contributed by atoms with Crippen molar-refractivity contribution in [2.45, 2.75) is 6.18 Å². The van der Waals surface area contributed by atoms with E-state index >= 15 is 0 Å². The Hall–Kier alpha value is -3.02. The van der Waals surface area contributed by atoms with Gasteiger partial charge in [0.15, 0.2) is 0 Å². The van der Waals surface area contributed by atoms with E-state index in [1.165, 1.54) is 18.6 Å². The molecule has 3 nitrogen and oxygen atoms in total. The molecule has 0 N–H and O–H groups in total. The predicted octanol–water partition coefficient (Wildman–Crippen LogP) is 4.73. The summed E-state index contributed by atoms with van der Waals surface area (Å²) in [5.74, 6) is 0. The number of benzene rings is 1. The molecule has 0 bridgehead atoms.